The zero-order chi connectivity index (χ0) is 13.7. The van der Waals surface area contributed by atoms with Crippen LogP contribution in [0.15, 0.2) is 4.47 Å². The molecule has 1 N–H and O–H groups in total. The van der Waals surface area contributed by atoms with Crippen LogP contribution in [0.1, 0.15) is 45.0 Å². The van der Waals surface area contributed by atoms with Crippen LogP contribution in [0.4, 0.5) is 0 Å². The Labute approximate surface area is 119 Å². The van der Waals surface area contributed by atoms with Gasteiger partial charge in [-0.25, -0.2) is 0 Å². The van der Waals surface area contributed by atoms with Gasteiger partial charge in [0.05, 0.1) is 15.9 Å². The van der Waals surface area contributed by atoms with E-state index < -0.39 is 0 Å². The molecule has 104 valence electrons. The van der Waals surface area contributed by atoms with Gasteiger partial charge in [0.2, 0.25) is 0 Å². The third kappa shape index (κ3) is 3.82. The van der Waals surface area contributed by atoms with Gasteiger partial charge in [-0.05, 0) is 49.2 Å². The SMILES string of the molecule is CCC(C)CC(Cc1c(Br)c(C)nn1CC)NC. The summed E-state index contributed by atoms with van der Waals surface area (Å²) in [5.41, 5.74) is 2.41. The molecular weight excluding hydrogens is 290 g/mol. The lowest BCUT2D eigenvalue weighted by molar-refractivity contribution is 0.402. The summed E-state index contributed by atoms with van der Waals surface area (Å²) in [5.74, 6) is 0.764. The van der Waals surface area contributed by atoms with Gasteiger partial charge in [0.1, 0.15) is 0 Å². The van der Waals surface area contributed by atoms with Crippen molar-refractivity contribution in [2.24, 2.45) is 5.92 Å². The van der Waals surface area contributed by atoms with Crippen LogP contribution in [0.2, 0.25) is 0 Å². The molecule has 2 atom stereocenters. The maximum absolute atomic E-state index is 4.56. The number of nitrogens with zero attached hydrogens (tertiary/aromatic N) is 2. The zero-order valence-corrected chi connectivity index (χ0v) is 13.8. The number of rotatable bonds is 7. The minimum atomic E-state index is 0.526. The largest absolute Gasteiger partial charge is 0.317 e. The van der Waals surface area contributed by atoms with E-state index in [4.69, 9.17) is 0 Å². The molecule has 0 aliphatic carbocycles. The number of likely N-dealkylation sites (N-methyl/N-ethyl adjacent to an activating group) is 1. The summed E-state index contributed by atoms with van der Waals surface area (Å²) in [6, 6.07) is 0.526. The van der Waals surface area contributed by atoms with E-state index in [1.165, 1.54) is 23.0 Å². The van der Waals surface area contributed by atoms with Gasteiger partial charge in [0.25, 0.3) is 0 Å². The lowest BCUT2D eigenvalue weighted by Crippen LogP contribution is -2.30. The maximum Gasteiger partial charge on any atom is 0.0738 e. The Hall–Kier alpha value is -0.350. The van der Waals surface area contributed by atoms with Crippen LogP contribution >= 0.6 is 15.9 Å². The molecule has 1 heterocycles. The second kappa shape index (κ2) is 7.29. The van der Waals surface area contributed by atoms with E-state index in [9.17, 15) is 0 Å². The average molecular weight is 316 g/mol. The monoisotopic (exact) mass is 315 g/mol. The highest BCUT2D eigenvalue weighted by atomic mass is 79.9. The van der Waals surface area contributed by atoms with Gasteiger partial charge in [-0.1, -0.05) is 20.3 Å². The molecule has 3 nitrogen and oxygen atoms in total. The summed E-state index contributed by atoms with van der Waals surface area (Å²) in [5, 5.41) is 8.00. The van der Waals surface area contributed by atoms with Gasteiger partial charge in [-0.15, -0.1) is 0 Å². The fourth-order valence-corrected chi connectivity index (χ4v) is 2.70. The second-order valence-corrected chi connectivity index (χ2v) is 5.89. The number of halogens is 1. The van der Waals surface area contributed by atoms with Crippen LogP contribution in [0, 0.1) is 12.8 Å². The second-order valence-electron chi connectivity index (χ2n) is 5.10. The Balaban J connectivity index is 2.81. The van der Waals surface area contributed by atoms with E-state index in [0.29, 0.717) is 6.04 Å². The molecule has 18 heavy (non-hydrogen) atoms. The summed E-state index contributed by atoms with van der Waals surface area (Å²) in [6.07, 6.45) is 3.49. The van der Waals surface area contributed by atoms with Gasteiger partial charge < -0.3 is 5.32 Å². The van der Waals surface area contributed by atoms with Crippen molar-refractivity contribution >= 4 is 15.9 Å². The van der Waals surface area contributed by atoms with Crippen molar-refractivity contribution in [1.82, 2.24) is 15.1 Å². The molecular formula is C14H26BrN3. The normalized spacial score (nSPS) is 14.8. The molecule has 1 aromatic heterocycles. The molecule has 0 saturated heterocycles. The van der Waals surface area contributed by atoms with Gasteiger partial charge in [0.15, 0.2) is 0 Å². The first kappa shape index (κ1) is 15.7. The molecule has 0 bridgehead atoms. The molecule has 0 fully saturated rings. The van der Waals surface area contributed by atoms with Crippen LogP contribution < -0.4 is 5.32 Å². The topological polar surface area (TPSA) is 29.9 Å². The average Bonchev–Trinajstić information content (AvgIpc) is 2.65. The van der Waals surface area contributed by atoms with Crippen LogP contribution in [-0.2, 0) is 13.0 Å². The molecule has 2 unspecified atom stereocenters. The highest BCUT2D eigenvalue weighted by molar-refractivity contribution is 9.10. The van der Waals surface area contributed by atoms with Crippen LogP contribution in [0.25, 0.3) is 0 Å². The first-order valence-electron chi connectivity index (χ1n) is 6.92. The lowest BCUT2D eigenvalue weighted by atomic mass is 9.96. The summed E-state index contributed by atoms with van der Waals surface area (Å²) in [7, 11) is 2.06. The minimum Gasteiger partial charge on any atom is -0.317 e. The van der Waals surface area contributed by atoms with E-state index in [1.54, 1.807) is 0 Å². The van der Waals surface area contributed by atoms with E-state index in [1.807, 2.05) is 0 Å². The molecule has 0 amide bonds. The van der Waals surface area contributed by atoms with Gasteiger partial charge in [0, 0.05) is 19.0 Å². The Morgan fingerprint density at radius 1 is 1.39 bits per heavy atom. The van der Waals surface area contributed by atoms with Crippen LogP contribution in [0.3, 0.4) is 0 Å². The summed E-state index contributed by atoms with van der Waals surface area (Å²) < 4.78 is 3.29. The van der Waals surface area contributed by atoms with Crippen LogP contribution in [0.5, 0.6) is 0 Å². The van der Waals surface area contributed by atoms with Crippen molar-refractivity contribution in [2.45, 2.75) is 59.5 Å². The summed E-state index contributed by atoms with van der Waals surface area (Å²) in [6.45, 7) is 9.71. The molecule has 0 aliphatic heterocycles. The molecule has 4 heteroatoms. The molecule has 0 aromatic carbocycles. The first-order chi connectivity index (χ1) is 8.53. The molecule has 1 aromatic rings. The fraction of sp³-hybridized carbons (Fsp3) is 0.786. The Bertz CT molecular complexity index is 373. The molecule has 0 saturated carbocycles. The smallest absolute Gasteiger partial charge is 0.0738 e. The van der Waals surface area contributed by atoms with E-state index in [0.717, 1.165) is 24.6 Å². The Morgan fingerprint density at radius 2 is 2.06 bits per heavy atom. The highest BCUT2D eigenvalue weighted by Gasteiger charge is 2.18. The van der Waals surface area contributed by atoms with Crippen molar-refractivity contribution in [3.63, 3.8) is 0 Å². The predicted molar refractivity (Wildman–Crippen MR) is 81.0 cm³/mol. The lowest BCUT2D eigenvalue weighted by Gasteiger charge is -2.20. The maximum atomic E-state index is 4.56. The predicted octanol–water partition coefficient (Wildman–Crippen LogP) is 3.54. The van der Waals surface area contributed by atoms with Crippen molar-refractivity contribution in [2.75, 3.05) is 7.05 Å². The molecule has 0 spiro atoms. The van der Waals surface area contributed by atoms with E-state index in [-0.39, 0.29) is 0 Å². The summed E-state index contributed by atoms with van der Waals surface area (Å²) >= 11 is 3.67. The number of aromatic nitrogens is 2. The van der Waals surface area contributed by atoms with Gasteiger partial charge in [-0.3, -0.25) is 4.68 Å². The highest BCUT2D eigenvalue weighted by Crippen LogP contribution is 2.24. The standard InChI is InChI=1S/C14H26BrN3/c1-6-10(3)8-12(16-5)9-13-14(15)11(4)17-18(13)7-2/h10,12,16H,6-9H2,1-5H3. The number of aryl methyl sites for hydroxylation is 2. The molecule has 1 rings (SSSR count). The first-order valence-corrected chi connectivity index (χ1v) is 7.71. The Morgan fingerprint density at radius 3 is 2.56 bits per heavy atom. The summed E-state index contributed by atoms with van der Waals surface area (Å²) in [4.78, 5) is 0. The minimum absolute atomic E-state index is 0.526. The Kier molecular flexibility index (Phi) is 6.36. The van der Waals surface area contributed by atoms with Crippen molar-refractivity contribution in [3.05, 3.63) is 15.9 Å². The van der Waals surface area contributed by atoms with Crippen LogP contribution in [-0.4, -0.2) is 22.9 Å². The van der Waals surface area contributed by atoms with Crippen molar-refractivity contribution in [1.29, 1.82) is 0 Å². The molecule has 0 aliphatic rings. The zero-order valence-electron chi connectivity index (χ0n) is 12.3. The van der Waals surface area contributed by atoms with Crippen molar-refractivity contribution in [3.8, 4) is 0 Å². The van der Waals surface area contributed by atoms with Gasteiger partial charge >= 0.3 is 0 Å². The fourth-order valence-electron chi connectivity index (χ4n) is 2.25. The van der Waals surface area contributed by atoms with E-state index >= 15 is 0 Å². The quantitative estimate of drug-likeness (QED) is 0.834. The third-order valence-electron chi connectivity index (χ3n) is 3.68. The van der Waals surface area contributed by atoms with E-state index in [2.05, 4.69) is 65.8 Å². The third-order valence-corrected chi connectivity index (χ3v) is 4.72. The van der Waals surface area contributed by atoms with Gasteiger partial charge in [-0.2, -0.15) is 5.10 Å². The van der Waals surface area contributed by atoms with Crippen molar-refractivity contribution < 1.29 is 0 Å². The number of nitrogens with one attached hydrogen (secondary N) is 1. The number of hydrogen-bond donors (Lipinski definition) is 1. The molecule has 0 radical (unpaired) electrons. The number of hydrogen-bond acceptors (Lipinski definition) is 2.